The number of carbonyl (C=O) groups excluding carboxylic acids is 1. The van der Waals surface area contributed by atoms with Gasteiger partial charge in [-0.2, -0.15) is 0 Å². The van der Waals surface area contributed by atoms with Gasteiger partial charge >= 0.3 is 18.5 Å². The third-order valence-electron chi connectivity index (χ3n) is 7.84. The van der Waals surface area contributed by atoms with Gasteiger partial charge in [0.1, 0.15) is 11.5 Å². The average molecular weight is 658 g/mol. The van der Waals surface area contributed by atoms with Crippen molar-refractivity contribution < 1.29 is 58.2 Å². The highest BCUT2D eigenvalue weighted by Gasteiger charge is 2.33. The zero-order chi connectivity index (χ0) is 34.4. The molecule has 13 heteroatoms. The minimum atomic E-state index is -1.83. The zero-order valence-corrected chi connectivity index (χ0v) is 25.9. The summed E-state index contributed by atoms with van der Waals surface area (Å²) in [5, 5.41) is 28.0. The van der Waals surface area contributed by atoms with Gasteiger partial charge in [-0.1, -0.05) is 42.5 Å². The first-order valence-electron chi connectivity index (χ1n) is 14.7. The number of amides is 1. The lowest BCUT2D eigenvalue weighted by Crippen LogP contribution is -2.36. The van der Waals surface area contributed by atoms with Crippen LogP contribution in [0.25, 0.3) is 11.1 Å². The summed E-state index contributed by atoms with van der Waals surface area (Å²) in [5.41, 5.74) is 3.80. The summed E-state index contributed by atoms with van der Waals surface area (Å²) in [6, 6.07) is 21.7. The quantitative estimate of drug-likeness (QED) is 0.115. The van der Waals surface area contributed by atoms with Crippen LogP contribution in [0.1, 0.15) is 45.9 Å². The largest absolute Gasteiger partial charge is 0.511 e. The molecule has 0 spiro atoms. The van der Waals surface area contributed by atoms with Crippen molar-refractivity contribution in [3.63, 3.8) is 0 Å². The lowest BCUT2D eigenvalue weighted by atomic mass is 9.86. The van der Waals surface area contributed by atoms with Crippen molar-refractivity contribution in [2.45, 2.75) is 31.8 Å². The summed E-state index contributed by atoms with van der Waals surface area (Å²) in [4.78, 5) is 50.7. The van der Waals surface area contributed by atoms with Crippen molar-refractivity contribution in [1.82, 2.24) is 4.90 Å². The normalized spacial score (nSPS) is 13.4. The Kier molecular flexibility index (Phi) is 9.98. The molecule has 1 atom stereocenters. The Morgan fingerprint density at radius 1 is 0.729 bits per heavy atom. The molecule has 0 saturated carbocycles. The number of aryl methyl sites for hydroxylation is 1. The third kappa shape index (κ3) is 7.41. The number of rotatable bonds is 10. The molecule has 0 fully saturated rings. The highest BCUT2D eigenvalue weighted by atomic mass is 16.7. The summed E-state index contributed by atoms with van der Waals surface area (Å²) in [5.74, 6) is -1.42. The number of benzene rings is 4. The van der Waals surface area contributed by atoms with Gasteiger partial charge < -0.3 is 43.9 Å². The molecule has 0 aromatic heterocycles. The van der Waals surface area contributed by atoms with E-state index in [9.17, 15) is 34.5 Å². The van der Waals surface area contributed by atoms with E-state index in [1.165, 1.54) is 0 Å². The topological polar surface area (TPSA) is 178 Å². The molecule has 0 saturated heterocycles. The van der Waals surface area contributed by atoms with Gasteiger partial charge in [0.05, 0.1) is 25.8 Å². The monoisotopic (exact) mass is 657 g/mol. The molecule has 248 valence electrons. The molecular formula is C35H31NO12. The molecule has 5 rings (SSSR count). The predicted molar refractivity (Wildman–Crippen MR) is 169 cm³/mol. The molecule has 1 aliphatic rings. The van der Waals surface area contributed by atoms with Crippen LogP contribution in [-0.4, -0.2) is 58.8 Å². The lowest BCUT2D eigenvalue weighted by molar-refractivity contribution is 0.0633. The van der Waals surface area contributed by atoms with Gasteiger partial charge in [0.25, 0.3) is 5.91 Å². The molecule has 4 aromatic carbocycles. The summed E-state index contributed by atoms with van der Waals surface area (Å²) in [6.07, 6.45) is -3.34. The third-order valence-corrected chi connectivity index (χ3v) is 7.84. The van der Waals surface area contributed by atoms with E-state index in [0.29, 0.717) is 23.5 Å². The average Bonchev–Trinajstić information content (AvgIpc) is 3.07. The SMILES string of the molecule is COc1ccc(OC)c(-c2cccc(CN(C(=O)c3cc(OC(=O)O)c(OC(=O)O)cc3OC(=O)O)[C@H]3CCCc4ccccc43)c2)c1. The maximum Gasteiger partial charge on any atom is 0.511 e. The van der Waals surface area contributed by atoms with Crippen LogP contribution in [0.5, 0.6) is 28.7 Å². The van der Waals surface area contributed by atoms with Crippen LogP contribution in [0.3, 0.4) is 0 Å². The van der Waals surface area contributed by atoms with Gasteiger partial charge in [0.2, 0.25) is 0 Å². The molecule has 48 heavy (non-hydrogen) atoms. The van der Waals surface area contributed by atoms with Crippen molar-refractivity contribution in [1.29, 1.82) is 0 Å². The number of hydrogen-bond donors (Lipinski definition) is 3. The van der Waals surface area contributed by atoms with Gasteiger partial charge in [0.15, 0.2) is 17.2 Å². The standard InChI is InChI=1S/C35H31NO12/c1-44-23-13-14-28(45-2)25(16-23)22-10-5-7-20(15-22)19-36(27-12-6-9-21-8-3-4-11-24(21)27)32(37)26-17-30(47-34(40)41)31(48-35(42)43)18-29(26)46-33(38)39/h3-5,7-8,10-11,13-18,27H,6,9,12,19H2,1-2H3,(H,38,39)(H,40,41)(H,42,43)/t27-/m0/s1. The molecule has 13 nitrogen and oxygen atoms in total. The molecule has 0 bridgehead atoms. The Hall–Kier alpha value is -6.24. The smallest absolute Gasteiger partial charge is 0.497 e. The Morgan fingerprint density at radius 3 is 2.10 bits per heavy atom. The van der Waals surface area contributed by atoms with E-state index in [1.807, 2.05) is 54.6 Å². The van der Waals surface area contributed by atoms with E-state index >= 15 is 0 Å². The summed E-state index contributed by atoms with van der Waals surface area (Å²) in [6.45, 7) is 0.0347. The summed E-state index contributed by atoms with van der Waals surface area (Å²) >= 11 is 0. The van der Waals surface area contributed by atoms with Gasteiger partial charge in [0, 0.05) is 24.2 Å². The second-order valence-electron chi connectivity index (χ2n) is 10.7. The molecule has 0 unspecified atom stereocenters. The number of fused-ring (bicyclic) bond motifs is 1. The molecular weight excluding hydrogens is 626 g/mol. The van der Waals surface area contributed by atoms with Gasteiger partial charge in [-0.05, 0) is 65.8 Å². The van der Waals surface area contributed by atoms with Crippen molar-refractivity contribution in [3.05, 3.63) is 101 Å². The number of carbonyl (C=O) groups is 4. The Labute approximate surface area is 274 Å². The van der Waals surface area contributed by atoms with E-state index in [2.05, 4.69) is 4.74 Å². The second-order valence-corrected chi connectivity index (χ2v) is 10.7. The highest BCUT2D eigenvalue weighted by molar-refractivity contribution is 5.99. The first-order valence-corrected chi connectivity index (χ1v) is 14.7. The maximum absolute atomic E-state index is 14.6. The van der Waals surface area contributed by atoms with Crippen LogP contribution in [-0.2, 0) is 13.0 Å². The summed E-state index contributed by atoms with van der Waals surface area (Å²) in [7, 11) is 3.12. The second kappa shape index (κ2) is 14.5. The van der Waals surface area contributed by atoms with E-state index in [4.69, 9.17) is 18.9 Å². The van der Waals surface area contributed by atoms with E-state index in [0.717, 1.165) is 47.2 Å². The minimum absolute atomic E-state index is 0.0347. The molecule has 0 radical (unpaired) electrons. The Bertz CT molecular complexity index is 1870. The van der Waals surface area contributed by atoms with Crippen molar-refractivity contribution in [2.75, 3.05) is 14.2 Å². The molecule has 1 aliphatic carbocycles. The van der Waals surface area contributed by atoms with E-state index in [-0.39, 0.29) is 12.1 Å². The number of ether oxygens (including phenoxy) is 5. The van der Waals surface area contributed by atoms with Gasteiger partial charge in [-0.25, -0.2) is 14.4 Å². The predicted octanol–water partition coefficient (Wildman–Crippen LogP) is 7.26. The minimum Gasteiger partial charge on any atom is -0.497 e. The maximum atomic E-state index is 14.6. The highest BCUT2D eigenvalue weighted by Crippen LogP contribution is 2.41. The molecule has 3 N–H and O–H groups in total. The zero-order valence-electron chi connectivity index (χ0n) is 25.9. The first-order chi connectivity index (χ1) is 23.1. The van der Waals surface area contributed by atoms with Crippen LogP contribution in [0, 0.1) is 0 Å². The molecule has 0 heterocycles. The fraction of sp³-hybridized carbons (Fsp3) is 0.200. The lowest BCUT2D eigenvalue weighted by Gasteiger charge is -2.36. The van der Waals surface area contributed by atoms with Crippen LogP contribution in [0.2, 0.25) is 0 Å². The number of nitrogens with zero attached hydrogens (tertiary/aromatic N) is 1. The van der Waals surface area contributed by atoms with Crippen molar-refractivity contribution in [3.8, 4) is 39.9 Å². The number of hydrogen-bond acceptors (Lipinski definition) is 9. The number of methoxy groups -OCH3 is 2. The first kappa shape index (κ1) is 33.1. The van der Waals surface area contributed by atoms with Crippen LogP contribution in [0.4, 0.5) is 14.4 Å². The van der Waals surface area contributed by atoms with Gasteiger partial charge in [-0.3, -0.25) is 4.79 Å². The Morgan fingerprint density at radius 2 is 1.42 bits per heavy atom. The fourth-order valence-electron chi connectivity index (χ4n) is 5.84. The number of carboxylic acid groups (broad SMARTS) is 3. The van der Waals surface area contributed by atoms with Crippen LogP contribution < -0.4 is 23.7 Å². The van der Waals surface area contributed by atoms with Crippen LogP contribution >= 0.6 is 0 Å². The molecule has 4 aromatic rings. The van der Waals surface area contributed by atoms with Crippen LogP contribution in [0.15, 0.2) is 78.9 Å². The molecule has 0 aliphatic heterocycles. The Balaban J connectivity index is 1.65. The van der Waals surface area contributed by atoms with E-state index < -0.39 is 47.7 Å². The van der Waals surface area contributed by atoms with Gasteiger partial charge in [-0.15, -0.1) is 0 Å². The van der Waals surface area contributed by atoms with E-state index in [1.54, 1.807) is 31.3 Å². The van der Waals surface area contributed by atoms with Crippen molar-refractivity contribution >= 4 is 24.4 Å². The fourth-order valence-corrected chi connectivity index (χ4v) is 5.84. The summed E-state index contributed by atoms with van der Waals surface area (Å²) < 4.78 is 25.3. The van der Waals surface area contributed by atoms with Crippen molar-refractivity contribution in [2.24, 2.45) is 0 Å². The molecule has 1 amide bonds.